The van der Waals surface area contributed by atoms with E-state index in [1.807, 2.05) is 36.9 Å². The number of hydrogen-bond acceptors (Lipinski definition) is 5. The average molecular weight is 358 g/mol. The first-order valence-electron chi connectivity index (χ1n) is 9.00. The van der Waals surface area contributed by atoms with Crippen molar-refractivity contribution in [2.75, 3.05) is 26.8 Å². The fourth-order valence-electron chi connectivity index (χ4n) is 3.28. The molecule has 1 fully saturated rings. The Morgan fingerprint density at radius 1 is 1.35 bits per heavy atom. The van der Waals surface area contributed by atoms with Crippen molar-refractivity contribution in [1.29, 1.82) is 0 Å². The molecule has 1 aromatic carbocycles. The second kappa shape index (κ2) is 8.36. The van der Waals surface area contributed by atoms with Gasteiger partial charge < -0.3 is 18.9 Å². The summed E-state index contributed by atoms with van der Waals surface area (Å²) in [5.41, 5.74) is 2.53. The van der Waals surface area contributed by atoms with Crippen LogP contribution in [-0.4, -0.2) is 42.8 Å². The van der Waals surface area contributed by atoms with Gasteiger partial charge in [-0.2, -0.15) is 0 Å². The molecule has 1 aliphatic heterocycles. The summed E-state index contributed by atoms with van der Waals surface area (Å²) in [4.78, 5) is 14.5. The van der Waals surface area contributed by atoms with E-state index in [2.05, 4.69) is 5.16 Å². The van der Waals surface area contributed by atoms with Crippen LogP contribution in [0.5, 0.6) is 5.75 Å². The Morgan fingerprint density at radius 3 is 3.00 bits per heavy atom. The van der Waals surface area contributed by atoms with Gasteiger partial charge in [0, 0.05) is 26.3 Å². The molecule has 2 aromatic rings. The van der Waals surface area contributed by atoms with E-state index in [0.717, 1.165) is 36.3 Å². The Labute approximate surface area is 154 Å². The number of aryl methyl sites for hydroxylation is 2. The molecule has 0 radical (unpaired) electrons. The summed E-state index contributed by atoms with van der Waals surface area (Å²) in [5.74, 6) is 1.65. The van der Waals surface area contributed by atoms with Crippen LogP contribution in [-0.2, 0) is 11.3 Å². The number of carbonyl (C=O) groups excluding carboxylic acids is 1. The van der Waals surface area contributed by atoms with Gasteiger partial charge in [0.15, 0.2) is 11.5 Å². The van der Waals surface area contributed by atoms with Crippen LogP contribution in [0.15, 0.2) is 28.8 Å². The molecular weight excluding hydrogens is 332 g/mol. The van der Waals surface area contributed by atoms with Crippen molar-refractivity contribution < 1.29 is 18.8 Å². The molecule has 1 atom stereocenters. The number of aromatic nitrogens is 1. The lowest BCUT2D eigenvalue weighted by Gasteiger charge is -2.31. The van der Waals surface area contributed by atoms with Crippen LogP contribution in [0.4, 0.5) is 0 Å². The third-order valence-corrected chi connectivity index (χ3v) is 4.70. The van der Waals surface area contributed by atoms with E-state index in [1.54, 1.807) is 13.2 Å². The third kappa shape index (κ3) is 4.43. The number of nitrogens with zero attached hydrogens (tertiary/aromatic N) is 2. The van der Waals surface area contributed by atoms with Crippen LogP contribution in [0.3, 0.4) is 0 Å². The number of amides is 1. The normalized spacial score (nSPS) is 17.3. The first-order valence-corrected chi connectivity index (χ1v) is 9.00. The van der Waals surface area contributed by atoms with E-state index in [4.69, 9.17) is 14.0 Å². The number of ether oxygens (including phenoxy) is 2. The van der Waals surface area contributed by atoms with Crippen LogP contribution in [0.2, 0.25) is 0 Å². The summed E-state index contributed by atoms with van der Waals surface area (Å²) in [5, 5.41) is 3.94. The first-order chi connectivity index (χ1) is 12.6. The maximum atomic E-state index is 12.7. The summed E-state index contributed by atoms with van der Waals surface area (Å²) in [7, 11) is 1.70. The van der Waals surface area contributed by atoms with E-state index >= 15 is 0 Å². The number of piperidine rings is 1. The molecule has 3 rings (SSSR count). The van der Waals surface area contributed by atoms with Crippen molar-refractivity contribution >= 4 is 5.91 Å². The maximum Gasteiger partial charge on any atom is 0.276 e. The lowest BCUT2D eigenvalue weighted by molar-refractivity contribution is 0.0561. The van der Waals surface area contributed by atoms with E-state index in [1.165, 1.54) is 0 Å². The number of methoxy groups -OCH3 is 1. The van der Waals surface area contributed by atoms with Crippen molar-refractivity contribution in [3.05, 3.63) is 46.8 Å². The monoisotopic (exact) mass is 358 g/mol. The highest BCUT2D eigenvalue weighted by Gasteiger charge is 2.26. The van der Waals surface area contributed by atoms with E-state index in [0.29, 0.717) is 30.5 Å². The van der Waals surface area contributed by atoms with Crippen molar-refractivity contribution in [2.45, 2.75) is 33.3 Å². The fourth-order valence-corrected chi connectivity index (χ4v) is 3.28. The van der Waals surface area contributed by atoms with Gasteiger partial charge in [0.2, 0.25) is 0 Å². The standard InChI is InChI=1S/C20H26N2O4/c1-14-6-7-15(2)19(9-14)25-13-17-10-18(21-26-17)20(23)22-8-4-5-16(11-22)12-24-3/h6-7,9-10,16H,4-5,8,11-13H2,1-3H3. The topological polar surface area (TPSA) is 64.8 Å². The molecule has 0 spiro atoms. The predicted molar refractivity (Wildman–Crippen MR) is 97.3 cm³/mol. The Bertz CT molecular complexity index is 754. The Kier molecular flexibility index (Phi) is 5.93. The highest BCUT2D eigenvalue weighted by Crippen LogP contribution is 2.22. The van der Waals surface area contributed by atoms with Gasteiger partial charge in [0.05, 0.1) is 6.61 Å². The van der Waals surface area contributed by atoms with E-state index in [9.17, 15) is 4.79 Å². The molecule has 0 aliphatic carbocycles. The van der Waals surface area contributed by atoms with Crippen molar-refractivity contribution in [3.8, 4) is 5.75 Å². The Balaban J connectivity index is 1.60. The molecule has 140 valence electrons. The smallest absolute Gasteiger partial charge is 0.276 e. The van der Waals surface area contributed by atoms with Gasteiger partial charge in [0.25, 0.3) is 5.91 Å². The second-order valence-corrected chi connectivity index (χ2v) is 6.95. The molecule has 6 heteroatoms. The quantitative estimate of drug-likeness (QED) is 0.792. The average Bonchev–Trinajstić information content (AvgIpc) is 3.11. The zero-order valence-electron chi connectivity index (χ0n) is 15.7. The number of likely N-dealkylation sites (tertiary alicyclic amines) is 1. The van der Waals surface area contributed by atoms with Crippen LogP contribution in [0.1, 0.15) is 40.2 Å². The minimum atomic E-state index is -0.0902. The summed E-state index contributed by atoms with van der Waals surface area (Å²) < 4.78 is 16.3. The Morgan fingerprint density at radius 2 is 2.19 bits per heavy atom. The molecule has 1 aromatic heterocycles. The molecule has 2 heterocycles. The minimum Gasteiger partial charge on any atom is -0.485 e. The summed E-state index contributed by atoms with van der Waals surface area (Å²) in [6.07, 6.45) is 2.07. The van der Waals surface area contributed by atoms with Crippen molar-refractivity contribution in [1.82, 2.24) is 10.1 Å². The molecule has 1 saturated heterocycles. The largest absolute Gasteiger partial charge is 0.485 e. The highest BCUT2D eigenvalue weighted by atomic mass is 16.5. The van der Waals surface area contributed by atoms with E-state index < -0.39 is 0 Å². The van der Waals surface area contributed by atoms with Gasteiger partial charge in [-0.05, 0) is 49.8 Å². The third-order valence-electron chi connectivity index (χ3n) is 4.70. The summed E-state index contributed by atoms with van der Waals surface area (Å²) >= 11 is 0. The zero-order chi connectivity index (χ0) is 18.5. The molecule has 1 amide bonds. The lowest BCUT2D eigenvalue weighted by atomic mass is 9.99. The summed E-state index contributed by atoms with van der Waals surface area (Å²) in [6.45, 7) is 6.40. The number of carbonyl (C=O) groups is 1. The van der Waals surface area contributed by atoms with Crippen molar-refractivity contribution in [3.63, 3.8) is 0 Å². The molecule has 1 aliphatic rings. The molecule has 0 bridgehead atoms. The van der Waals surface area contributed by atoms with Gasteiger partial charge in [-0.1, -0.05) is 17.3 Å². The number of rotatable bonds is 6. The van der Waals surface area contributed by atoms with Gasteiger partial charge in [-0.3, -0.25) is 4.79 Å². The van der Waals surface area contributed by atoms with Crippen LogP contribution < -0.4 is 4.74 Å². The zero-order valence-corrected chi connectivity index (χ0v) is 15.7. The number of benzene rings is 1. The maximum absolute atomic E-state index is 12.7. The summed E-state index contributed by atoms with van der Waals surface area (Å²) in [6, 6.07) is 7.73. The molecule has 1 unspecified atom stereocenters. The molecule has 0 N–H and O–H groups in total. The highest BCUT2D eigenvalue weighted by molar-refractivity contribution is 5.92. The van der Waals surface area contributed by atoms with Crippen LogP contribution >= 0.6 is 0 Å². The minimum absolute atomic E-state index is 0.0902. The van der Waals surface area contributed by atoms with Gasteiger partial charge in [-0.25, -0.2) is 0 Å². The second-order valence-electron chi connectivity index (χ2n) is 6.95. The van der Waals surface area contributed by atoms with Gasteiger partial charge in [-0.15, -0.1) is 0 Å². The SMILES string of the molecule is COCC1CCCN(C(=O)c2cc(COc3cc(C)ccc3C)on2)C1. The van der Waals surface area contributed by atoms with Crippen LogP contribution in [0.25, 0.3) is 0 Å². The Hall–Kier alpha value is -2.34. The van der Waals surface area contributed by atoms with E-state index in [-0.39, 0.29) is 12.5 Å². The molecule has 6 nitrogen and oxygen atoms in total. The molecule has 0 saturated carbocycles. The van der Waals surface area contributed by atoms with Gasteiger partial charge in [0.1, 0.15) is 12.4 Å². The fraction of sp³-hybridized carbons (Fsp3) is 0.500. The molecular formula is C20H26N2O4. The molecule has 26 heavy (non-hydrogen) atoms. The van der Waals surface area contributed by atoms with Gasteiger partial charge >= 0.3 is 0 Å². The van der Waals surface area contributed by atoms with Crippen LogP contribution in [0, 0.1) is 19.8 Å². The predicted octanol–water partition coefficient (Wildman–Crippen LogP) is 3.37. The van der Waals surface area contributed by atoms with Crippen molar-refractivity contribution in [2.24, 2.45) is 5.92 Å². The first kappa shape index (κ1) is 18.5. The number of hydrogen-bond donors (Lipinski definition) is 0. The lowest BCUT2D eigenvalue weighted by Crippen LogP contribution is -2.41.